The first kappa shape index (κ1) is 12.7. The van der Waals surface area contributed by atoms with Crippen LogP contribution in [0, 0.1) is 0 Å². The van der Waals surface area contributed by atoms with Crippen LogP contribution in [0.1, 0.15) is 23.2 Å². The maximum atomic E-state index is 12.5. The van der Waals surface area contributed by atoms with Crippen LogP contribution in [0.3, 0.4) is 0 Å². The number of esters is 1. The molecule has 1 unspecified atom stereocenters. The Morgan fingerprint density at radius 2 is 2.30 bits per heavy atom. The Morgan fingerprint density at radius 1 is 1.45 bits per heavy atom. The molecule has 2 heterocycles. The van der Waals surface area contributed by atoms with Gasteiger partial charge < -0.3 is 9.64 Å². The number of carbonyl (C=O) groups excluding carboxylic acids is 2. The predicted octanol–water partition coefficient (Wildman–Crippen LogP) is 1.34. The van der Waals surface area contributed by atoms with Crippen molar-refractivity contribution >= 4 is 22.8 Å². The summed E-state index contributed by atoms with van der Waals surface area (Å²) < 4.78 is 4.76. The van der Waals surface area contributed by atoms with Crippen LogP contribution < -0.4 is 0 Å². The summed E-state index contributed by atoms with van der Waals surface area (Å²) in [6.45, 7) is 0.585. The molecule has 1 aromatic heterocycles. The van der Waals surface area contributed by atoms with Crippen molar-refractivity contribution in [1.29, 1.82) is 0 Å². The lowest BCUT2D eigenvalue weighted by atomic mass is 10.1. The predicted molar refractivity (Wildman–Crippen MR) is 72.2 cm³/mol. The number of nitrogens with zero attached hydrogens (tertiary/aromatic N) is 2. The third-order valence-electron chi connectivity index (χ3n) is 3.67. The standard InChI is InChI=1S/C14H15N3O3/c1-20-14(19)12-3-2-6-17(12)13(18)9-4-5-11-10(7-9)8-15-16-11/h4-5,7-8,12H,2-3,6H2,1H3,(H,15,16). The molecule has 1 amide bonds. The van der Waals surface area contributed by atoms with E-state index in [0.29, 0.717) is 18.5 Å². The number of likely N-dealkylation sites (tertiary alicyclic amines) is 1. The minimum Gasteiger partial charge on any atom is -0.467 e. The Kier molecular flexibility index (Phi) is 3.14. The number of ether oxygens (including phenoxy) is 1. The zero-order valence-corrected chi connectivity index (χ0v) is 11.1. The van der Waals surface area contributed by atoms with Gasteiger partial charge in [0.1, 0.15) is 6.04 Å². The molecular formula is C14H15N3O3. The van der Waals surface area contributed by atoms with Gasteiger partial charge in [-0.3, -0.25) is 9.89 Å². The van der Waals surface area contributed by atoms with Crippen molar-refractivity contribution in [2.45, 2.75) is 18.9 Å². The lowest BCUT2D eigenvalue weighted by Gasteiger charge is -2.22. The van der Waals surface area contributed by atoms with Crippen molar-refractivity contribution in [1.82, 2.24) is 15.1 Å². The number of aromatic amines is 1. The van der Waals surface area contributed by atoms with E-state index in [1.54, 1.807) is 23.2 Å². The molecule has 0 bridgehead atoms. The van der Waals surface area contributed by atoms with Crippen LogP contribution >= 0.6 is 0 Å². The summed E-state index contributed by atoms with van der Waals surface area (Å²) in [5, 5.41) is 7.65. The molecule has 0 saturated carbocycles. The van der Waals surface area contributed by atoms with Gasteiger partial charge in [0.15, 0.2) is 0 Å². The van der Waals surface area contributed by atoms with E-state index in [0.717, 1.165) is 17.3 Å². The molecule has 1 aliphatic rings. The van der Waals surface area contributed by atoms with Crippen molar-refractivity contribution in [3.8, 4) is 0 Å². The van der Waals surface area contributed by atoms with Crippen LogP contribution in [0.25, 0.3) is 10.9 Å². The number of fused-ring (bicyclic) bond motifs is 1. The van der Waals surface area contributed by atoms with E-state index in [1.807, 2.05) is 6.07 Å². The Morgan fingerprint density at radius 3 is 3.10 bits per heavy atom. The monoisotopic (exact) mass is 273 g/mol. The first-order chi connectivity index (χ1) is 9.70. The number of hydrogen-bond acceptors (Lipinski definition) is 4. The molecule has 0 radical (unpaired) electrons. The first-order valence-corrected chi connectivity index (χ1v) is 6.52. The average Bonchev–Trinajstić information content (AvgIpc) is 3.13. The van der Waals surface area contributed by atoms with Gasteiger partial charge in [-0.05, 0) is 31.0 Å². The highest BCUT2D eigenvalue weighted by atomic mass is 16.5. The van der Waals surface area contributed by atoms with Crippen LogP contribution in [-0.2, 0) is 9.53 Å². The normalized spacial score (nSPS) is 18.4. The van der Waals surface area contributed by atoms with Gasteiger partial charge in [0, 0.05) is 17.5 Å². The zero-order chi connectivity index (χ0) is 14.1. The molecule has 0 aliphatic carbocycles. The summed E-state index contributed by atoms with van der Waals surface area (Å²) in [4.78, 5) is 25.8. The fraction of sp³-hybridized carbons (Fsp3) is 0.357. The highest BCUT2D eigenvalue weighted by Crippen LogP contribution is 2.22. The number of amides is 1. The molecular weight excluding hydrogens is 258 g/mol. The molecule has 1 aromatic carbocycles. The van der Waals surface area contributed by atoms with Gasteiger partial charge in [-0.15, -0.1) is 0 Å². The highest BCUT2D eigenvalue weighted by molar-refractivity contribution is 5.99. The van der Waals surface area contributed by atoms with Gasteiger partial charge >= 0.3 is 5.97 Å². The van der Waals surface area contributed by atoms with Crippen molar-refractivity contribution in [2.75, 3.05) is 13.7 Å². The second-order valence-corrected chi connectivity index (χ2v) is 4.85. The number of nitrogens with one attached hydrogen (secondary N) is 1. The van der Waals surface area contributed by atoms with E-state index in [1.165, 1.54) is 7.11 Å². The van der Waals surface area contributed by atoms with Gasteiger partial charge in [0.25, 0.3) is 5.91 Å². The van der Waals surface area contributed by atoms with Gasteiger partial charge in [-0.25, -0.2) is 4.79 Å². The topological polar surface area (TPSA) is 75.3 Å². The van der Waals surface area contributed by atoms with Crippen LogP contribution in [0.4, 0.5) is 0 Å². The second kappa shape index (κ2) is 4.96. The Balaban J connectivity index is 1.89. The number of carbonyl (C=O) groups is 2. The van der Waals surface area contributed by atoms with Gasteiger partial charge in [0.2, 0.25) is 0 Å². The van der Waals surface area contributed by atoms with Crippen molar-refractivity contribution < 1.29 is 14.3 Å². The first-order valence-electron chi connectivity index (χ1n) is 6.52. The van der Waals surface area contributed by atoms with E-state index < -0.39 is 6.04 Å². The largest absolute Gasteiger partial charge is 0.467 e. The molecule has 1 saturated heterocycles. The molecule has 1 aliphatic heterocycles. The Bertz CT molecular complexity index is 664. The summed E-state index contributed by atoms with van der Waals surface area (Å²) >= 11 is 0. The van der Waals surface area contributed by atoms with Gasteiger partial charge in [-0.1, -0.05) is 0 Å². The van der Waals surface area contributed by atoms with Gasteiger partial charge in [-0.2, -0.15) is 5.10 Å². The molecule has 20 heavy (non-hydrogen) atoms. The number of rotatable bonds is 2. The van der Waals surface area contributed by atoms with Crippen molar-refractivity contribution in [3.63, 3.8) is 0 Å². The minimum atomic E-state index is -0.465. The Labute approximate surface area is 115 Å². The maximum Gasteiger partial charge on any atom is 0.328 e. The number of methoxy groups -OCH3 is 1. The van der Waals surface area contributed by atoms with Crippen molar-refractivity contribution in [2.24, 2.45) is 0 Å². The molecule has 1 N–H and O–H groups in total. The Hall–Kier alpha value is -2.37. The van der Waals surface area contributed by atoms with E-state index in [2.05, 4.69) is 10.2 Å². The third-order valence-corrected chi connectivity index (χ3v) is 3.67. The lowest BCUT2D eigenvalue weighted by Crippen LogP contribution is -2.41. The fourth-order valence-electron chi connectivity index (χ4n) is 2.63. The van der Waals surface area contributed by atoms with E-state index >= 15 is 0 Å². The van der Waals surface area contributed by atoms with Crippen molar-refractivity contribution in [3.05, 3.63) is 30.0 Å². The molecule has 6 heteroatoms. The fourth-order valence-corrected chi connectivity index (χ4v) is 2.63. The van der Waals surface area contributed by atoms with Crippen LogP contribution in [0.5, 0.6) is 0 Å². The van der Waals surface area contributed by atoms with Crippen LogP contribution in [0.2, 0.25) is 0 Å². The lowest BCUT2D eigenvalue weighted by molar-refractivity contribution is -0.145. The third kappa shape index (κ3) is 2.03. The molecule has 6 nitrogen and oxygen atoms in total. The molecule has 1 atom stereocenters. The SMILES string of the molecule is COC(=O)C1CCCN1C(=O)c1ccc2[nH]ncc2c1. The summed E-state index contributed by atoms with van der Waals surface area (Å²) in [5.74, 6) is -0.485. The number of benzene rings is 1. The molecule has 104 valence electrons. The number of hydrogen-bond donors (Lipinski definition) is 1. The second-order valence-electron chi connectivity index (χ2n) is 4.85. The quantitative estimate of drug-likeness (QED) is 0.838. The summed E-state index contributed by atoms with van der Waals surface area (Å²) in [6.07, 6.45) is 3.15. The molecule has 2 aromatic rings. The maximum absolute atomic E-state index is 12.5. The number of H-pyrrole nitrogens is 1. The van der Waals surface area contributed by atoms with E-state index in [4.69, 9.17) is 4.74 Å². The highest BCUT2D eigenvalue weighted by Gasteiger charge is 2.35. The van der Waals surface area contributed by atoms with Gasteiger partial charge in [0.05, 0.1) is 18.8 Å². The summed E-state index contributed by atoms with van der Waals surface area (Å²) in [7, 11) is 1.35. The summed E-state index contributed by atoms with van der Waals surface area (Å²) in [6, 6.07) is 4.88. The average molecular weight is 273 g/mol. The molecule has 3 rings (SSSR count). The minimum absolute atomic E-state index is 0.138. The van der Waals surface area contributed by atoms with Crippen LogP contribution in [-0.4, -0.2) is 46.7 Å². The molecule has 0 spiro atoms. The zero-order valence-electron chi connectivity index (χ0n) is 11.1. The number of aromatic nitrogens is 2. The van der Waals surface area contributed by atoms with E-state index in [-0.39, 0.29) is 11.9 Å². The van der Waals surface area contributed by atoms with E-state index in [9.17, 15) is 9.59 Å². The smallest absolute Gasteiger partial charge is 0.328 e. The van der Waals surface area contributed by atoms with Crippen LogP contribution in [0.15, 0.2) is 24.4 Å². The molecule has 1 fully saturated rings. The summed E-state index contributed by atoms with van der Waals surface area (Å²) in [5.41, 5.74) is 1.45.